The number of nitrogens with one attached hydrogen (secondary N) is 2. The highest BCUT2D eigenvalue weighted by Gasteiger charge is 2.20. The van der Waals surface area contributed by atoms with Crippen molar-refractivity contribution in [1.29, 1.82) is 0 Å². The second-order valence-electron chi connectivity index (χ2n) is 6.33. The first-order valence-corrected chi connectivity index (χ1v) is 9.80. The number of rotatable bonds is 6. The molecule has 0 atom stereocenters. The lowest BCUT2D eigenvalue weighted by Gasteiger charge is -2.26. The van der Waals surface area contributed by atoms with Crippen molar-refractivity contribution in [3.05, 3.63) is 29.8 Å². The van der Waals surface area contributed by atoms with E-state index in [1.807, 2.05) is 0 Å². The molecule has 2 N–H and O–H groups in total. The number of carbonyl (C=O) groups excluding carboxylic acids is 2. The second-order valence-corrected chi connectivity index (χ2v) is 8.22. The van der Waals surface area contributed by atoms with Gasteiger partial charge in [0.15, 0.2) is 6.61 Å². The average Bonchev–Trinajstić information content (AvgIpc) is 2.61. The third-order valence-corrected chi connectivity index (χ3v) is 5.81. The molecule has 2 rings (SSSR count). The first-order valence-electron chi connectivity index (χ1n) is 8.32. The highest BCUT2D eigenvalue weighted by molar-refractivity contribution is 7.89. The zero-order chi connectivity index (χ0) is 18.4. The van der Waals surface area contributed by atoms with Gasteiger partial charge in [0, 0.05) is 6.04 Å². The highest BCUT2D eigenvalue weighted by Crippen LogP contribution is 2.23. The van der Waals surface area contributed by atoms with Crippen LogP contribution in [-0.2, 0) is 19.6 Å². The van der Waals surface area contributed by atoms with Crippen molar-refractivity contribution < 1.29 is 22.7 Å². The Morgan fingerprint density at radius 2 is 1.72 bits per heavy atom. The van der Waals surface area contributed by atoms with Crippen LogP contribution >= 0.6 is 0 Å². The Morgan fingerprint density at radius 3 is 2.28 bits per heavy atom. The molecule has 0 bridgehead atoms. The minimum Gasteiger partial charge on any atom is -0.452 e. The van der Waals surface area contributed by atoms with Crippen LogP contribution in [0.2, 0.25) is 0 Å². The lowest BCUT2D eigenvalue weighted by Crippen LogP contribution is -2.39. The van der Waals surface area contributed by atoms with Crippen LogP contribution in [0.15, 0.2) is 29.2 Å². The molecule has 1 fully saturated rings. The summed E-state index contributed by atoms with van der Waals surface area (Å²) in [6.45, 7) is 1.86. The van der Waals surface area contributed by atoms with E-state index < -0.39 is 16.0 Å². The third-order valence-electron chi connectivity index (χ3n) is 4.38. The van der Waals surface area contributed by atoms with Gasteiger partial charge in [-0.3, -0.25) is 4.79 Å². The monoisotopic (exact) mass is 368 g/mol. The minimum atomic E-state index is -3.55. The van der Waals surface area contributed by atoms with Crippen molar-refractivity contribution in [1.82, 2.24) is 10.0 Å². The molecule has 0 heterocycles. The summed E-state index contributed by atoms with van der Waals surface area (Å²) in [6.07, 6.45) is 4.07. The van der Waals surface area contributed by atoms with Crippen molar-refractivity contribution >= 4 is 21.9 Å². The topological polar surface area (TPSA) is 102 Å². The van der Waals surface area contributed by atoms with Gasteiger partial charge in [0.05, 0.1) is 10.5 Å². The fraction of sp³-hybridized carbons (Fsp3) is 0.529. The van der Waals surface area contributed by atoms with E-state index in [1.54, 1.807) is 0 Å². The number of ether oxygens (including phenoxy) is 1. The summed E-state index contributed by atoms with van der Waals surface area (Å²) in [5.41, 5.74) is 0.189. The number of hydrogen-bond acceptors (Lipinski definition) is 5. The molecule has 1 saturated carbocycles. The number of amides is 1. The number of sulfonamides is 1. The van der Waals surface area contributed by atoms with Gasteiger partial charge in [-0.1, -0.05) is 6.92 Å². The highest BCUT2D eigenvalue weighted by atomic mass is 32.2. The lowest BCUT2D eigenvalue weighted by molar-refractivity contribution is -0.125. The molecule has 1 aromatic rings. The van der Waals surface area contributed by atoms with Crippen molar-refractivity contribution in [2.45, 2.75) is 43.5 Å². The third kappa shape index (κ3) is 5.54. The molecule has 0 unspecified atom stereocenters. The maximum atomic E-state index is 11.9. The number of hydrogen-bond donors (Lipinski definition) is 2. The van der Waals surface area contributed by atoms with Crippen LogP contribution in [0.3, 0.4) is 0 Å². The predicted molar refractivity (Wildman–Crippen MR) is 92.5 cm³/mol. The summed E-state index contributed by atoms with van der Waals surface area (Å²) in [5.74, 6) is -0.288. The quantitative estimate of drug-likeness (QED) is 0.740. The van der Waals surface area contributed by atoms with E-state index >= 15 is 0 Å². The van der Waals surface area contributed by atoms with Gasteiger partial charge in [-0.2, -0.15) is 0 Å². The van der Waals surface area contributed by atoms with Gasteiger partial charge < -0.3 is 10.1 Å². The Bertz CT molecular complexity index is 707. The molecule has 138 valence electrons. The van der Waals surface area contributed by atoms with E-state index in [4.69, 9.17) is 4.74 Å². The number of esters is 1. The Labute approximate surface area is 148 Å². The van der Waals surface area contributed by atoms with Crippen LogP contribution in [0, 0.1) is 5.92 Å². The SMILES string of the molecule is CNS(=O)(=O)c1ccc(C(=O)OCC(=O)NC2CCC(C)CC2)cc1. The zero-order valence-electron chi connectivity index (χ0n) is 14.4. The Kier molecular flexibility index (Phi) is 6.55. The fourth-order valence-electron chi connectivity index (χ4n) is 2.78. The molecule has 1 aromatic carbocycles. The molecule has 0 aliphatic heterocycles. The van der Waals surface area contributed by atoms with E-state index in [1.165, 1.54) is 31.3 Å². The van der Waals surface area contributed by atoms with Crippen LogP contribution in [0.4, 0.5) is 0 Å². The van der Waals surface area contributed by atoms with Gasteiger partial charge in [-0.15, -0.1) is 0 Å². The van der Waals surface area contributed by atoms with Crippen LogP contribution < -0.4 is 10.0 Å². The van der Waals surface area contributed by atoms with Crippen LogP contribution in [0.1, 0.15) is 43.0 Å². The van der Waals surface area contributed by atoms with Crippen LogP contribution in [-0.4, -0.2) is 40.0 Å². The predicted octanol–water partition coefficient (Wildman–Crippen LogP) is 1.45. The largest absolute Gasteiger partial charge is 0.452 e. The molecular formula is C17H24N2O5S. The molecule has 1 aliphatic carbocycles. The van der Waals surface area contributed by atoms with Gasteiger partial charge in [0.2, 0.25) is 10.0 Å². The first kappa shape index (κ1) is 19.4. The molecule has 0 aromatic heterocycles. The molecular weight excluding hydrogens is 344 g/mol. The molecule has 1 aliphatic rings. The smallest absolute Gasteiger partial charge is 0.338 e. The summed E-state index contributed by atoms with van der Waals surface area (Å²) in [5, 5.41) is 2.88. The van der Waals surface area contributed by atoms with Gasteiger partial charge in [0.1, 0.15) is 0 Å². The maximum absolute atomic E-state index is 11.9. The zero-order valence-corrected chi connectivity index (χ0v) is 15.3. The normalized spacial score (nSPS) is 20.7. The van der Waals surface area contributed by atoms with E-state index in [-0.39, 0.29) is 29.0 Å². The molecule has 0 radical (unpaired) electrons. The molecule has 0 saturated heterocycles. The summed E-state index contributed by atoms with van der Waals surface area (Å²) in [6, 6.07) is 5.48. The van der Waals surface area contributed by atoms with Crippen molar-refractivity contribution in [3.8, 4) is 0 Å². The molecule has 8 heteroatoms. The van der Waals surface area contributed by atoms with E-state index in [0.717, 1.165) is 25.7 Å². The average molecular weight is 368 g/mol. The van der Waals surface area contributed by atoms with Gasteiger partial charge in [-0.25, -0.2) is 17.9 Å². The number of carbonyl (C=O) groups is 2. The maximum Gasteiger partial charge on any atom is 0.338 e. The van der Waals surface area contributed by atoms with Gasteiger partial charge in [0.25, 0.3) is 5.91 Å². The molecule has 0 spiro atoms. The summed E-state index contributed by atoms with van der Waals surface area (Å²) in [7, 11) is -2.24. The van der Waals surface area contributed by atoms with Gasteiger partial charge >= 0.3 is 5.97 Å². The van der Waals surface area contributed by atoms with E-state index in [9.17, 15) is 18.0 Å². The van der Waals surface area contributed by atoms with E-state index in [0.29, 0.717) is 5.92 Å². The summed E-state index contributed by atoms with van der Waals surface area (Å²) < 4.78 is 30.4. The fourth-order valence-corrected chi connectivity index (χ4v) is 3.51. The molecule has 7 nitrogen and oxygen atoms in total. The van der Waals surface area contributed by atoms with Crippen molar-refractivity contribution in [2.75, 3.05) is 13.7 Å². The lowest BCUT2D eigenvalue weighted by atomic mass is 9.87. The van der Waals surface area contributed by atoms with E-state index in [2.05, 4.69) is 17.0 Å². The molecule has 1 amide bonds. The Hall–Kier alpha value is -1.93. The summed E-state index contributed by atoms with van der Waals surface area (Å²) >= 11 is 0. The van der Waals surface area contributed by atoms with Crippen LogP contribution in [0.25, 0.3) is 0 Å². The van der Waals surface area contributed by atoms with Crippen molar-refractivity contribution in [3.63, 3.8) is 0 Å². The number of benzene rings is 1. The summed E-state index contributed by atoms with van der Waals surface area (Å²) in [4.78, 5) is 23.9. The molecule has 25 heavy (non-hydrogen) atoms. The minimum absolute atomic E-state index is 0.0517. The van der Waals surface area contributed by atoms with Crippen LogP contribution in [0.5, 0.6) is 0 Å². The van der Waals surface area contributed by atoms with Crippen molar-refractivity contribution in [2.24, 2.45) is 5.92 Å². The second kappa shape index (κ2) is 8.44. The van der Waals surface area contributed by atoms with Gasteiger partial charge in [-0.05, 0) is 62.9 Å². The Balaban J connectivity index is 1.82. The first-order chi connectivity index (χ1) is 11.8. The Morgan fingerprint density at radius 1 is 1.12 bits per heavy atom. The standard InChI is InChI=1S/C17H24N2O5S/c1-12-3-7-14(8-4-12)19-16(20)11-24-17(21)13-5-9-15(10-6-13)25(22,23)18-2/h5-6,9-10,12,14,18H,3-4,7-8,11H2,1-2H3,(H,19,20).